The Morgan fingerprint density at radius 1 is 1.17 bits per heavy atom. The predicted octanol–water partition coefficient (Wildman–Crippen LogP) is 3.80. The van der Waals surface area contributed by atoms with E-state index in [0.717, 1.165) is 22.5 Å². The van der Waals surface area contributed by atoms with Crippen molar-refractivity contribution in [3.8, 4) is 5.75 Å². The van der Waals surface area contributed by atoms with Gasteiger partial charge in [0.25, 0.3) is 0 Å². The summed E-state index contributed by atoms with van der Waals surface area (Å²) >= 11 is 5.81. The van der Waals surface area contributed by atoms with Crippen molar-refractivity contribution < 1.29 is 4.74 Å². The van der Waals surface area contributed by atoms with Gasteiger partial charge in [0.1, 0.15) is 12.4 Å². The molecule has 1 N–H and O–H groups in total. The van der Waals surface area contributed by atoms with Crippen molar-refractivity contribution in [1.82, 2.24) is 9.97 Å². The fraction of sp³-hybridized carbons (Fsp3) is 0.0714. The zero-order valence-corrected chi connectivity index (χ0v) is 10.3. The van der Waals surface area contributed by atoms with Gasteiger partial charge in [-0.2, -0.15) is 0 Å². The maximum atomic E-state index is 5.81. The van der Waals surface area contributed by atoms with Crippen LogP contribution in [0, 0.1) is 0 Å². The van der Waals surface area contributed by atoms with E-state index in [4.69, 9.17) is 16.3 Å². The van der Waals surface area contributed by atoms with Crippen LogP contribution in [-0.4, -0.2) is 9.97 Å². The summed E-state index contributed by atoms with van der Waals surface area (Å²) in [6, 6.07) is 13.2. The van der Waals surface area contributed by atoms with Gasteiger partial charge in [0.15, 0.2) is 0 Å². The molecule has 0 aliphatic heterocycles. The third kappa shape index (κ3) is 2.31. The fourth-order valence-corrected chi connectivity index (χ4v) is 1.91. The Balaban J connectivity index is 1.74. The average molecular weight is 259 g/mol. The second-order valence-corrected chi connectivity index (χ2v) is 4.41. The lowest BCUT2D eigenvalue weighted by atomic mass is 10.3. The topological polar surface area (TPSA) is 37.9 Å². The zero-order valence-electron chi connectivity index (χ0n) is 9.56. The molecule has 2 heterocycles. The van der Waals surface area contributed by atoms with Crippen LogP contribution in [-0.2, 0) is 6.61 Å². The minimum Gasteiger partial charge on any atom is -0.487 e. The van der Waals surface area contributed by atoms with Crippen molar-refractivity contribution in [2.75, 3.05) is 0 Å². The van der Waals surface area contributed by atoms with E-state index in [0.29, 0.717) is 11.6 Å². The van der Waals surface area contributed by atoms with Crippen molar-refractivity contribution in [3.63, 3.8) is 0 Å². The molecule has 0 spiro atoms. The molecule has 0 saturated heterocycles. The fourth-order valence-electron chi connectivity index (χ4n) is 1.78. The Bertz CT molecular complexity index is 628. The maximum absolute atomic E-state index is 5.81. The number of hydrogen-bond acceptors (Lipinski definition) is 2. The van der Waals surface area contributed by atoms with Crippen LogP contribution in [0.15, 0.2) is 48.7 Å². The molecule has 3 rings (SSSR count). The largest absolute Gasteiger partial charge is 0.487 e. The Morgan fingerprint density at radius 2 is 2.00 bits per heavy atom. The van der Waals surface area contributed by atoms with Gasteiger partial charge in [-0.1, -0.05) is 11.6 Å². The molecular formula is C14H11ClN2O. The molecule has 0 radical (unpaired) electrons. The van der Waals surface area contributed by atoms with Crippen molar-refractivity contribution in [2.24, 2.45) is 0 Å². The highest BCUT2D eigenvalue weighted by molar-refractivity contribution is 6.30. The van der Waals surface area contributed by atoms with Crippen LogP contribution in [0.25, 0.3) is 11.0 Å². The molecular weight excluding hydrogens is 248 g/mol. The first-order valence-electron chi connectivity index (χ1n) is 5.62. The van der Waals surface area contributed by atoms with Gasteiger partial charge < -0.3 is 9.72 Å². The van der Waals surface area contributed by atoms with Crippen LogP contribution in [0.5, 0.6) is 5.75 Å². The Kier molecular flexibility index (Phi) is 2.90. The molecule has 0 aliphatic rings. The van der Waals surface area contributed by atoms with Gasteiger partial charge >= 0.3 is 0 Å². The molecule has 2 aromatic heterocycles. The lowest BCUT2D eigenvalue weighted by Gasteiger charge is -2.04. The van der Waals surface area contributed by atoms with E-state index < -0.39 is 0 Å². The maximum Gasteiger partial charge on any atom is 0.128 e. The second-order valence-electron chi connectivity index (χ2n) is 3.97. The molecule has 18 heavy (non-hydrogen) atoms. The molecule has 0 unspecified atom stereocenters. The molecule has 0 aliphatic carbocycles. The number of nitrogens with one attached hydrogen (secondary N) is 1. The van der Waals surface area contributed by atoms with E-state index in [9.17, 15) is 0 Å². The number of benzene rings is 1. The van der Waals surface area contributed by atoms with Gasteiger partial charge in [-0.25, -0.2) is 0 Å². The summed E-state index contributed by atoms with van der Waals surface area (Å²) in [4.78, 5) is 7.53. The van der Waals surface area contributed by atoms with Gasteiger partial charge in [0.2, 0.25) is 0 Å². The van der Waals surface area contributed by atoms with Gasteiger partial charge in [0, 0.05) is 11.2 Å². The van der Waals surface area contributed by atoms with Crippen molar-refractivity contribution in [3.05, 3.63) is 59.4 Å². The van der Waals surface area contributed by atoms with Crippen LogP contribution >= 0.6 is 11.6 Å². The molecule has 90 valence electrons. The van der Waals surface area contributed by atoms with E-state index >= 15 is 0 Å². The Labute approximate surface area is 109 Å². The van der Waals surface area contributed by atoms with Crippen molar-refractivity contribution in [1.29, 1.82) is 0 Å². The SMILES string of the molecule is Clc1ccc(OCc2cc3ncccc3[nH]2)cc1. The van der Waals surface area contributed by atoms with Crippen LogP contribution in [0.4, 0.5) is 0 Å². The smallest absolute Gasteiger partial charge is 0.128 e. The number of ether oxygens (including phenoxy) is 1. The summed E-state index contributed by atoms with van der Waals surface area (Å²) in [5, 5.41) is 0.706. The molecule has 3 nitrogen and oxygen atoms in total. The van der Waals surface area contributed by atoms with E-state index in [1.54, 1.807) is 6.20 Å². The van der Waals surface area contributed by atoms with E-state index in [1.807, 2.05) is 42.5 Å². The minimum absolute atomic E-state index is 0.484. The average Bonchev–Trinajstić information content (AvgIpc) is 2.81. The number of rotatable bonds is 3. The first kappa shape index (κ1) is 11.1. The lowest BCUT2D eigenvalue weighted by Crippen LogP contribution is -1.94. The number of aromatic amines is 1. The standard InChI is InChI=1S/C14H11ClN2O/c15-10-3-5-12(6-4-10)18-9-11-8-14-13(17-11)2-1-7-16-14/h1-8,17H,9H2. The summed E-state index contributed by atoms with van der Waals surface area (Å²) in [5.74, 6) is 0.797. The number of fused-ring (bicyclic) bond motifs is 1. The number of aromatic nitrogens is 2. The number of halogens is 1. The minimum atomic E-state index is 0.484. The molecule has 4 heteroatoms. The van der Waals surface area contributed by atoms with Crippen LogP contribution < -0.4 is 4.74 Å². The summed E-state index contributed by atoms with van der Waals surface area (Å²) in [5.41, 5.74) is 2.97. The quantitative estimate of drug-likeness (QED) is 0.776. The van der Waals surface area contributed by atoms with Gasteiger partial charge in [-0.15, -0.1) is 0 Å². The number of pyridine rings is 1. The molecule has 0 bridgehead atoms. The third-order valence-corrected chi connectivity index (χ3v) is 2.90. The lowest BCUT2D eigenvalue weighted by molar-refractivity contribution is 0.302. The summed E-state index contributed by atoms with van der Waals surface area (Å²) < 4.78 is 5.66. The molecule has 0 fully saturated rings. The second kappa shape index (κ2) is 4.70. The highest BCUT2D eigenvalue weighted by atomic mass is 35.5. The Morgan fingerprint density at radius 3 is 2.78 bits per heavy atom. The predicted molar refractivity (Wildman–Crippen MR) is 71.9 cm³/mol. The highest BCUT2D eigenvalue weighted by Crippen LogP contribution is 2.18. The zero-order chi connectivity index (χ0) is 12.4. The van der Waals surface area contributed by atoms with Gasteiger partial charge in [-0.05, 0) is 42.5 Å². The highest BCUT2D eigenvalue weighted by Gasteiger charge is 2.02. The monoisotopic (exact) mass is 258 g/mol. The normalized spacial score (nSPS) is 10.7. The summed E-state index contributed by atoms with van der Waals surface area (Å²) in [7, 11) is 0. The van der Waals surface area contributed by atoms with Gasteiger partial charge in [0.05, 0.1) is 16.7 Å². The van der Waals surface area contributed by atoms with Crippen LogP contribution in [0.1, 0.15) is 5.69 Å². The van der Waals surface area contributed by atoms with Gasteiger partial charge in [-0.3, -0.25) is 4.98 Å². The van der Waals surface area contributed by atoms with Crippen molar-refractivity contribution >= 4 is 22.6 Å². The van der Waals surface area contributed by atoms with E-state index in [-0.39, 0.29) is 0 Å². The first-order chi connectivity index (χ1) is 8.81. The Hall–Kier alpha value is -2.00. The number of nitrogens with zero attached hydrogens (tertiary/aromatic N) is 1. The number of H-pyrrole nitrogens is 1. The first-order valence-corrected chi connectivity index (χ1v) is 6.00. The molecule has 1 aromatic carbocycles. The molecule has 3 aromatic rings. The third-order valence-electron chi connectivity index (χ3n) is 2.65. The summed E-state index contributed by atoms with van der Waals surface area (Å²) in [6.45, 7) is 0.484. The molecule has 0 saturated carbocycles. The molecule has 0 amide bonds. The van der Waals surface area contributed by atoms with E-state index in [1.165, 1.54) is 0 Å². The van der Waals surface area contributed by atoms with Crippen molar-refractivity contribution in [2.45, 2.75) is 6.61 Å². The summed E-state index contributed by atoms with van der Waals surface area (Å²) in [6.07, 6.45) is 1.78. The van der Waals surface area contributed by atoms with Crippen LogP contribution in [0.3, 0.4) is 0 Å². The molecule has 0 atom stereocenters. The van der Waals surface area contributed by atoms with E-state index in [2.05, 4.69) is 9.97 Å². The number of hydrogen-bond donors (Lipinski definition) is 1. The van der Waals surface area contributed by atoms with Crippen LogP contribution in [0.2, 0.25) is 5.02 Å².